The lowest BCUT2D eigenvalue weighted by molar-refractivity contribution is 0.169. The van der Waals surface area contributed by atoms with Crippen LogP contribution in [-0.2, 0) is 0 Å². The maximum atomic E-state index is 13.0. The summed E-state index contributed by atoms with van der Waals surface area (Å²) in [5, 5.41) is 7.20. The molecule has 0 unspecified atom stereocenters. The average Bonchev–Trinajstić information content (AvgIpc) is 3.20. The van der Waals surface area contributed by atoms with Crippen molar-refractivity contribution in [1.82, 2.24) is 20.4 Å². The van der Waals surface area contributed by atoms with E-state index in [1.807, 2.05) is 4.90 Å². The highest BCUT2D eigenvalue weighted by atomic mass is 19.1. The Morgan fingerprint density at radius 1 is 1.07 bits per heavy atom. The lowest BCUT2D eigenvalue weighted by Gasteiger charge is -2.32. The van der Waals surface area contributed by atoms with Gasteiger partial charge in [0.05, 0.1) is 0 Å². The lowest BCUT2D eigenvalue weighted by Crippen LogP contribution is -2.48. The number of rotatable bonds is 3. The second-order valence-electron chi connectivity index (χ2n) is 7.51. The molecule has 2 aliphatic rings. The Balaban J connectivity index is 1.31. The molecule has 6 nitrogen and oxygen atoms in total. The molecule has 4 rings (SSSR count). The number of carbonyl (C=O) groups is 1. The number of hydrogen-bond acceptors (Lipinski definition) is 4. The minimum Gasteiger partial charge on any atom is -0.339 e. The molecule has 1 aromatic carbocycles. The molecule has 1 saturated carbocycles. The number of hydrogen-bond donors (Lipinski definition) is 1. The summed E-state index contributed by atoms with van der Waals surface area (Å²) in [4.78, 5) is 18.8. The second-order valence-corrected chi connectivity index (χ2v) is 7.51. The van der Waals surface area contributed by atoms with Gasteiger partial charge in [-0.2, -0.15) is 4.98 Å². The predicted octanol–water partition coefficient (Wildman–Crippen LogP) is 4.10. The number of benzene rings is 1. The zero-order valence-corrected chi connectivity index (χ0v) is 15.4. The Morgan fingerprint density at radius 2 is 1.78 bits per heavy atom. The standard InChI is InChI=1S/C20H25FN4O2/c21-16-8-6-14(7-9-16)18-23-19(27-24-18)15-10-12-25(13-11-15)20(26)22-17-4-2-1-3-5-17/h6-9,15,17H,1-5,10-13H2,(H,22,26). The van der Waals surface area contributed by atoms with Crippen LogP contribution >= 0.6 is 0 Å². The molecule has 0 atom stereocenters. The Hall–Kier alpha value is -2.44. The van der Waals surface area contributed by atoms with Crippen LogP contribution in [0, 0.1) is 5.82 Å². The van der Waals surface area contributed by atoms with Crippen molar-refractivity contribution in [2.24, 2.45) is 0 Å². The fourth-order valence-electron chi connectivity index (χ4n) is 3.96. The molecule has 1 N–H and O–H groups in total. The maximum Gasteiger partial charge on any atom is 0.317 e. The molecule has 0 bridgehead atoms. The molecule has 2 aromatic rings. The molecule has 2 fully saturated rings. The third kappa shape index (κ3) is 4.28. The second kappa shape index (κ2) is 8.06. The minimum absolute atomic E-state index is 0.0536. The van der Waals surface area contributed by atoms with E-state index in [2.05, 4.69) is 15.5 Å². The third-order valence-corrected chi connectivity index (χ3v) is 5.61. The van der Waals surface area contributed by atoms with Crippen LogP contribution < -0.4 is 5.32 Å². The van der Waals surface area contributed by atoms with Crippen LogP contribution in [0.15, 0.2) is 28.8 Å². The van der Waals surface area contributed by atoms with Gasteiger partial charge in [0.25, 0.3) is 0 Å². The molecular weight excluding hydrogens is 347 g/mol. The van der Waals surface area contributed by atoms with Crippen molar-refractivity contribution < 1.29 is 13.7 Å². The van der Waals surface area contributed by atoms with E-state index in [0.717, 1.165) is 31.2 Å². The van der Waals surface area contributed by atoms with Crippen LogP contribution in [0.4, 0.5) is 9.18 Å². The van der Waals surface area contributed by atoms with Gasteiger partial charge in [-0.3, -0.25) is 0 Å². The van der Waals surface area contributed by atoms with Gasteiger partial charge in [-0.1, -0.05) is 24.4 Å². The fraction of sp³-hybridized carbons (Fsp3) is 0.550. The van der Waals surface area contributed by atoms with Crippen molar-refractivity contribution in [2.75, 3.05) is 13.1 Å². The molecule has 144 valence electrons. The number of halogens is 1. The van der Waals surface area contributed by atoms with Gasteiger partial charge >= 0.3 is 6.03 Å². The number of carbonyl (C=O) groups excluding carboxylic acids is 1. The third-order valence-electron chi connectivity index (χ3n) is 5.61. The van der Waals surface area contributed by atoms with Gasteiger partial charge in [0.1, 0.15) is 5.82 Å². The molecule has 1 saturated heterocycles. The molecule has 1 aliphatic heterocycles. The van der Waals surface area contributed by atoms with E-state index >= 15 is 0 Å². The monoisotopic (exact) mass is 372 g/mol. The summed E-state index contributed by atoms with van der Waals surface area (Å²) in [6.07, 6.45) is 7.50. The molecule has 2 amide bonds. The highest BCUT2D eigenvalue weighted by Gasteiger charge is 2.28. The Labute approximate surface area is 158 Å². The van der Waals surface area contributed by atoms with Gasteiger partial charge in [0.2, 0.25) is 11.7 Å². The Morgan fingerprint density at radius 3 is 2.48 bits per heavy atom. The average molecular weight is 372 g/mol. The zero-order chi connectivity index (χ0) is 18.6. The number of nitrogens with zero attached hydrogens (tertiary/aromatic N) is 3. The predicted molar refractivity (Wildman–Crippen MR) is 98.6 cm³/mol. The summed E-state index contributed by atoms with van der Waals surface area (Å²) in [6, 6.07) is 6.43. The van der Waals surface area contributed by atoms with E-state index < -0.39 is 0 Å². The minimum atomic E-state index is -0.290. The smallest absolute Gasteiger partial charge is 0.317 e. The SMILES string of the molecule is O=C(NC1CCCCC1)N1CCC(c2nc(-c3ccc(F)cc3)no2)CC1. The number of nitrogens with one attached hydrogen (secondary N) is 1. The number of urea groups is 1. The zero-order valence-electron chi connectivity index (χ0n) is 15.4. The topological polar surface area (TPSA) is 71.3 Å². The van der Waals surface area contributed by atoms with Crippen molar-refractivity contribution in [3.05, 3.63) is 36.0 Å². The van der Waals surface area contributed by atoms with Gasteiger partial charge < -0.3 is 14.7 Å². The first-order valence-electron chi connectivity index (χ1n) is 9.84. The van der Waals surface area contributed by atoms with Gasteiger partial charge in [-0.25, -0.2) is 9.18 Å². The first-order chi connectivity index (χ1) is 13.2. The van der Waals surface area contributed by atoms with Crippen LogP contribution in [0.5, 0.6) is 0 Å². The van der Waals surface area contributed by atoms with Crippen LogP contribution in [-0.4, -0.2) is 40.2 Å². The summed E-state index contributed by atoms with van der Waals surface area (Å²) in [5.41, 5.74) is 0.732. The van der Waals surface area contributed by atoms with Crippen molar-refractivity contribution >= 4 is 6.03 Å². The number of piperidine rings is 1. The molecule has 7 heteroatoms. The quantitative estimate of drug-likeness (QED) is 0.881. The molecule has 0 radical (unpaired) electrons. The number of aromatic nitrogens is 2. The lowest BCUT2D eigenvalue weighted by atomic mass is 9.95. The Kier molecular flexibility index (Phi) is 5.36. The normalized spacial score (nSPS) is 19.2. The maximum absolute atomic E-state index is 13.0. The molecule has 1 aliphatic carbocycles. The first-order valence-corrected chi connectivity index (χ1v) is 9.84. The van der Waals surface area contributed by atoms with E-state index in [-0.39, 0.29) is 17.8 Å². The van der Waals surface area contributed by atoms with Crippen LogP contribution in [0.3, 0.4) is 0 Å². The summed E-state index contributed by atoms with van der Waals surface area (Å²) in [7, 11) is 0. The largest absolute Gasteiger partial charge is 0.339 e. The van der Waals surface area contributed by atoms with E-state index in [1.54, 1.807) is 12.1 Å². The first kappa shape index (κ1) is 17.9. The van der Waals surface area contributed by atoms with Gasteiger partial charge in [-0.05, 0) is 49.9 Å². The molecule has 2 heterocycles. The summed E-state index contributed by atoms with van der Waals surface area (Å²) in [6.45, 7) is 1.38. The number of likely N-dealkylation sites (tertiary alicyclic amines) is 1. The highest BCUT2D eigenvalue weighted by Crippen LogP contribution is 2.29. The van der Waals surface area contributed by atoms with Gasteiger partial charge in [-0.15, -0.1) is 0 Å². The van der Waals surface area contributed by atoms with Crippen molar-refractivity contribution in [3.63, 3.8) is 0 Å². The highest BCUT2D eigenvalue weighted by molar-refractivity contribution is 5.74. The van der Waals surface area contributed by atoms with Crippen molar-refractivity contribution in [3.8, 4) is 11.4 Å². The molecule has 27 heavy (non-hydrogen) atoms. The van der Waals surface area contributed by atoms with Crippen LogP contribution in [0.2, 0.25) is 0 Å². The fourth-order valence-corrected chi connectivity index (χ4v) is 3.96. The van der Waals surface area contributed by atoms with Crippen molar-refractivity contribution in [2.45, 2.75) is 56.9 Å². The van der Waals surface area contributed by atoms with Gasteiger partial charge in [0, 0.05) is 30.6 Å². The molecule has 0 spiro atoms. The van der Waals surface area contributed by atoms with Crippen LogP contribution in [0.25, 0.3) is 11.4 Å². The number of amides is 2. The summed E-state index contributed by atoms with van der Waals surface area (Å²) < 4.78 is 18.5. The molecule has 1 aromatic heterocycles. The van der Waals surface area contributed by atoms with E-state index in [1.165, 1.54) is 31.4 Å². The van der Waals surface area contributed by atoms with E-state index in [4.69, 9.17) is 4.52 Å². The summed E-state index contributed by atoms with van der Waals surface area (Å²) >= 11 is 0. The van der Waals surface area contributed by atoms with E-state index in [9.17, 15) is 9.18 Å². The van der Waals surface area contributed by atoms with E-state index in [0.29, 0.717) is 30.8 Å². The summed E-state index contributed by atoms with van der Waals surface area (Å²) in [5.74, 6) is 0.941. The molecular formula is C20H25FN4O2. The van der Waals surface area contributed by atoms with Crippen LogP contribution in [0.1, 0.15) is 56.8 Å². The van der Waals surface area contributed by atoms with Crippen molar-refractivity contribution in [1.29, 1.82) is 0 Å². The van der Waals surface area contributed by atoms with Gasteiger partial charge in [0.15, 0.2) is 0 Å². The Bertz CT molecular complexity index is 763.